The molecule has 0 aliphatic carbocycles. The van der Waals surface area contributed by atoms with Crippen LogP contribution in [0.5, 0.6) is 0 Å². The fourth-order valence-corrected chi connectivity index (χ4v) is 0.740. The standard InChI is InChI=1S/C9H19N/c1-6-9(4)7-10(5)8(2)3/h6,8-9H,1,7H2,2-5H3. The van der Waals surface area contributed by atoms with Crippen LogP contribution in [0.1, 0.15) is 20.8 Å². The van der Waals surface area contributed by atoms with Crippen LogP contribution in [0.3, 0.4) is 0 Å². The van der Waals surface area contributed by atoms with Gasteiger partial charge in [-0.3, -0.25) is 0 Å². The van der Waals surface area contributed by atoms with Gasteiger partial charge in [0.1, 0.15) is 0 Å². The summed E-state index contributed by atoms with van der Waals surface area (Å²) < 4.78 is 0. The summed E-state index contributed by atoms with van der Waals surface area (Å²) in [5, 5.41) is 0. The average Bonchev–Trinajstić information content (AvgIpc) is 1.87. The Labute approximate surface area is 64.7 Å². The zero-order valence-electron chi connectivity index (χ0n) is 7.59. The number of nitrogens with zero attached hydrogens (tertiary/aromatic N) is 1. The largest absolute Gasteiger partial charge is 0.303 e. The van der Waals surface area contributed by atoms with E-state index in [1.54, 1.807) is 0 Å². The van der Waals surface area contributed by atoms with Crippen LogP contribution in [0.25, 0.3) is 0 Å². The molecule has 10 heavy (non-hydrogen) atoms. The van der Waals surface area contributed by atoms with E-state index in [2.05, 4.69) is 39.3 Å². The fraction of sp³-hybridized carbons (Fsp3) is 0.778. The lowest BCUT2D eigenvalue weighted by Gasteiger charge is -2.22. The van der Waals surface area contributed by atoms with Crippen molar-refractivity contribution >= 4 is 0 Å². The minimum absolute atomic E-state index is 0.604. The summed E-state index contributed by atoms with van der Waals surface area (Å²) in [5.41, 5.74) is 0. The minimum Gasteiger partial charge on any atom is -0.303 e. The molecule has 1 heteroatoms. The minimum atomic E-state index is 0.604. The highest BCUT2D eigenvalue weighted by Gasteiger charge is 2.04. The molecule has 0 aromatic heterocycles. The van der Waals surface area contributed by atoms with Crippen molar-refractivity contribution < 1.29 is 0 Å². The normalized spacial score (nSPS) is 14.2. The van der Waals surface area contributed by atoms with Gasteiger partial charge >= 0.3 is 0 Å². The van der Waals surface area contributed by atoms with E-state index in [9.17, 15) is 0 Å². The van der Waals surface area contributed by atoms with Crippen molar-refractivity contribution in [3.63, 3.8) is 0 Å². The van der Waals surface area contributed by atoms with Crippen molar-refractivity contribution in [2.45, 2.75) is 26.8 Å². The van der Waals surface area contributed by atoms with Crippen molar-refractivity contribution in [1.29, 1.82) is 0 Å². The van der Waals surface area contributed by atoms with Gasteiger partial charge < -0.3 is 4.90 Å². The summed E-state index contributed by atoms with van der Waals surface area (Å²) in [7, 11) is 2.14. The molecule has 0 aromatic rings. The summed E-state index contributed by atoms with van der Waals surface area (Å²) in [4.78, 5) is 2.33. The third-order valence-electron chi connectivity index (χ3n) is 1.86. The molecule has 60 valence electrons. The summed E-state index contributed by atoms with van der Waals surface area (Å²) in [5.74, 6) is 0.604. The molecule has 0 aromatic carbocycles. The Morgan fingerprint density at radius 2 is 1.90 bits per heavy atom. The highest BCUT2D eigenvalue weighted by atomic mass is 15.1. The molecule has 0 N–H and O–H groups in total. The molecule has 0 saturated heterocycles. The van der Waals surface area contributed by atoms with E-state index in [1.807, 2.05) is 6.08 Å². The number of rotatable bonds is 4. The van der Waals surface area contributed by atoms with Gasteiger partial charge in [0.2, 0.25) is 0 Å². The van der Waals surface area contributed by atoms with Gasteiger partial charge in [-0.25, -0.2) is 0 Å². The van der Waals surface area contributed by atoms with Crippen LogP contribution >= 0.6 is 0 Å². The van der Waals surface area contributed by atoms with Gasteiger partial charge in [-0.15, -0.1) is 6.58 Å². The maximum Gasteiger partial charge on any atom is 0.00412 e. The van der Waals surface area contributed by atoms with E-state index >= 15 is 0 Å². The van der Waals surface area contributed by atoms with Crippen LogP contribution in [0, 0.1) is 5.92 Å². The van der Waals surface area contributed by atoms with Crippen molar-refractivity contribution in [3.8, 4) is 0 Å². The highest BCUT2D eigenvalue weighted by molar-refractivity contribution is 4.77. The molecule has 0 aliphatic rings. The molecule has 0 saturated carbocycles. The second kappa shape index (κ2) is 4.51. The maximum absolute atomic E-state index is 3.75. The lowest BCUT2D eigenvalue weighted by atomic mass is 10.1. The molecule has 0 fully saturated rings. The Morgan fingerprint density at radius 3 is 2.20 bits per heavy atom. The van der Waals surface area contributed by atoms with Gasteiger partial charge in [0, 0.05) is 12.6 Å². The van der Waals surface area contributed by atoms with E-state index in [0.717, 1.165) is 6.54 Å². The molecule has 0 amide bonds. The fourth-order valence-electron chi connectivity index (χ4n) is 0.740. The number of hydrogen-bond acceptors (Lipinski definition) is 1. The molecule has 0 radical (unpaired) electrons. The first-order valence-electron chi connectivity index (χ1n) is 3.90. The molecule has 0 rings (SSSR count). The first kappa shape index (κ1) is 9.70. The lowest BCUT2D eigenvalue weighted by molar-refractivity contribution is 0.254. The van der Waals surface area contributed by atoms with Crippen LogP contribution in [0.2, 0.25) is 0 Å². The first-order valence-corrected chi connectivity index (χ1v) is 3.90. The summed E-state index contributed by atoms with van der Waals surface area (Å²) >= 11 is 0. The average molecular weight is 141 g/mol. The molecule has 1 unspecified atom stereocenters. The monoisotopic (exact) mass is 141 g/mol. The Hall–Kier alpha value is -0.300. The van der Waals surface area contributed by atoms with Crippen LogP contribution in [0.4, 0.5) is 0 Å². The molecule has 0 bridgehead atoms. The molecular formula is C9H19N. The number of hydrogen-bond donors (Lipinski definition) is 0. The predicted molar refractivity (Wildman–Crippen MR) is 47.1 cm³/mol. The van der Waals surface area contributed by atoms with Crippen LogP contribution in [-0.4, -0.2) is 24.5 Å². The second-order valence-corrected chi connectivity index (χ2v) is 3.25. The third kappa shape index (κ3) is 3.67. The summed E-state index contributed by atoms with van der Waals surface area (Å²) in [6.07, 6.45) is 2.00. The van der Waals surface area contributed by atoms with Crippen LogP contribution in [0.15, 0.2) is 12.7 Å². The summed E-state index contributed by atoms with van der Waals surface area (Å²) in [6.45, 7) is 11.5. The predicted octanol–water partition coefficient (Wildman–Crippen LogP) is 2.15. The Balaban J connectivity index is 3.56. The van der Waals surface area contributed by atoms with Gasteiger partial charge in [0.15, 0.2) is 0 Å². The molecule has 1 atom stereocenters. The van der Waals surface area contributed by atoms with Gasteiger partial charge in [0.25, 0.3) is 0 Å². The maximum atomic E-state index is 3.75. The highest BCUT2D eigenvalue weighted by Crippen LogP contribution is 2.01. The first-order chi connectivity index (χ1) is 4.57. The molecule has 0 aliphatic heterocycles. The Bertz CT molecular complexity index is 96.9. The van der Waals surface area contributed by atoms with Crippen LogP contribution in [-0.2, 0) is 0 Å². The van der Waals surface area contributed by atoms with Gasteiger partial charge in [-0.2, -0.15) is 0 Å². The van der Waals surface area contributed by atoms with Crippen molar-refractivity contribution in [1.82, 2.24) is 4.90 Å². The van der Waals surface area contributed by atoms with Crippen molar-refractivity contribution in [2.24, 2.45) is 5.92 Å². The SMILES string of the molecule is C=CC(C)CN(C)C(C)C. The van der Waals surface area contributed by atoms with Crippen molar-refractivity contribution in [2.75, 3.05) is 13.6 Å². The molecule has 0 heterocycles. The summed E-state index contributed by atoms with van der Waals surface area (Å²) in [6, 6.07) is 0.641. The van der Waals surface area contributed by atoms with E-state index in [0.29, 0.717) is 12.0 Å². The topological polar surface area (TPSA) is 3.24 Å². The van der Waals surface area contributed by atoms with Gasteiger partial charge in [-0.1, -0.05) is 13.0 Å². The smallest absolute Gasteiger partial charge is 0.00412 e. The van der Waals surface area contributed by atoms with Crippen molar-refractivity contribution in [3.05, 3.63) is 12.7 Å². The Kier molecular flexibility index (Phi) is 4.37. The second-order valence-electron chi connectivity index (χ2n) is 3.25. The quantitative estimate of drug-likeness (QED) is 0.542. The molecular weight excluding hydrogens is 122 g/mol. The molecule has 1 nitrogen and oxygen atoms in total. The van der Waals surface area contributed by atoms with E-state index in [1.165, 1.54) is 0 Å². The zero-order chi connectivity index (χ0) is 8.15. The zero-order valence-corrected chi connectivity index (χ0v) is 7.59. The van der Waals surface area contributed by atoms with E-state index in [-0.39, 0.29) is 0 Å². The van der Waals surface area contributed by atoms with Gasteiger partial charge in [-0.05, 0) is 26.8 Å². The van der Waals surface area contributed by atoms with E-state index < -0.39 is 0 Å². The molecule has 0 spiro atoms. The van der Waals surface area contributed by atoms with E-state index in [4.69, 9.17) is 0 Å². The Morgan fingerprint density at radius 1 is 1.40 bits per heavy atom. The van der Waals surface area contributed by atoms with Crippen LogP contribution < -0.4 is 0 Å². The lowest BCUT2D eigenvalue weighted by Crippen LogP contribution is -2.30. The van der Waals surface area contributed by atoms with Gasteiger partial charge in [0.05, 0.1) is 0 Å². The third-order valence-corrected chi connectivity index (χ3v) is 1.86.